The van der Waals surface area contributed by atoms with Gasteiger partial charge >= 0.3 is 0 Å². The Hall–Kier alpha value is -3.10. The second-order valence-electron chi connectivity index (χ2n) is 8.92. The molecule has 2 aliphatic heterocycles. The van der Waals surface area contributed by atoms with Gasteiger partial charge in [0.1, 0.15) is 0 Å². The van der Waals surface area contributed by atoms with Crippen molar-refractivity contribution in [1.82, 2.24) is 9.80 Å². The van der Waals surface area contributed by atoms with Crippen LogP contribution in [0.15, 0.2) is 53.5 Å². The molecule has 2 aliphatic rings. The van der Waals surface area contributed by atoms with Crippen molar-refractivity contribution in [2.24, 2.45) is 4.99 Å². The second kappa shape index (κ2) is 10.2. The van der Waals surface area contributed by atoms with E-state index in [1.54, 1.807) is 13.1 Å². The number of nitro groups is 1. The highest BCUT2D eigenvalue weighted by atomic mass is 16.6. The lowest BCUT2D eigenvalue weighted by Crippen LogP contribution is -2.46. The van der Waals surface area contributed by atoms with Crippen molar-refractivity contribution >= 4 is 29.2 Å². The first-order valence-electron chi connectivity index (χ1n) is 11.5. The molecule has 1 atom stereocenters. The van der Waals surface area contributed by atoms with Crippen molar-refractivity contribution < 1.29 is 9.72 Å². The molecule has 0 aliphatic carbocycles. The zero-order valence-corrected chi connectivity index (χ0v) is 19.3. The number of carbonyl (C=O) groups excluding carboxylic acids is 1. The van der Waals surface area contributed by atoms with Gasteiger partial charge in [0, 0.05) is 43.2 Å². The van der Waals surface area contributed by atoms with Gasteiger partial charge in [0.2, 0.25) is 0 Å². The Labute approximate surface area is 194 Å². The lowest BCUT2D eigenvalue weighted by atomic mass is 10.0. The van der Waals surface area contributed by atoms with Crippen LogP contribution in [-0.4, -0.2) is 72.7 Å². The number of para-hydroxylation sites is 1. The molecule has 8 nitrogen and oxygen atoms in total. The summed E-state index contributed by atoms with van der Waals surface area (Å²) in [7, 11) is 3.83. The van der Waals surface area contributed by atoms with E-state index in [0.29, 0.717) is 17.4 Å². The number of rotatable bonds is 6. The molecule has 0 saturated carbocycles. The molecule has 8 heteroatoms. The SMILES string of the molecule is CN1CCC(N2CCCC2C=Nc2ccc([N+](=O)[O-])cc2C(=O)N(C)c2ccccc2)CC1. The third-order valence-electron chi connectivity index (χ3n) is 6.75. The average molecular weight is 450 g/mol. The van der Waals surface area contributed by atoms with Crippen LogP contribution >= 0.6 is 0 Å². The van der Waals surface area contributed by atoms with E-state index in [1.807, 2.05) is 36.5 Å². The predicted octanol–water partition coefficient (Wildman–Crippen LogP) is 4.13. The number of carbonyl (C=O) groups is 1. The smallest absolute Gasteiger partial charge is 0.270 e. The Kier molecular flexibility index (Phi) is 7.15. The van der Waals surface area contributed by atoms with Gasteiger partial charge < -0.3 is 9.80 Å². The van der Waals surface area contributed by atoms with Crippen LogP contribution in [-0.2, 0) is 0 Å². The van der Waals surface area contributed by atoms with Gasteiger partial charge in [-0.1, -0.05) is 18.2 Å². The van der Waals surface area contributed by atoms with Crippen LogP contribution in [0.1, 0.15) is 36.0 Å². The Morgan fingerprint density at radius 2 is 1.85 bits per heavy atom. The number of non-ortho nitro benzene ring substituents is 1. The molecule has 2 fully saturated rings. The Morgan fingerprint density at radius 3 is 2.55 bits per heavy atom. The van der Waals surface area contributed by atoms with Crippen LogP contribution in [0.3, 0.4) is 0 Å². The number of amides is 1. The van der Waals surface area contributed by atoms with Gasteiger partial charge in [-0.05, 0) is 70.6 Å². The van der Waals surface area contributed by atoms with E-state index in [0.717, 1.165) is 45.3 Å². The van der Waals surface area contributed by atoms with Crippen LogP contribution in [0.25, 0.3) is 0 Å². The van der Waals surface area contributed by atoms with Crippen molar-refractivity contribution in [3.05, 3.63) is 64.2 Å². The molecule has 0 radical (unpaired) electrons. The Morgan fingerprint density at radius 1 is 1.12 bits per heavy atom. The molecule has 33 heavy (non-hydrogen) atoms. The van der Waals surface area contributed by atoms with Crippen molar-refractivity contribution in [3.8, 4) is 0 Å². The summed E-state index contributed by atoms with van der Waals surface area (Å²) in [5.41, 5.74) is 1.29. The largest absolute Gasteiger partial charge is 0.311 e. The van der Waals surface area contributed by atoms with Gasteiger partial charge in [-0.15, -0.1) is 0 Å². The number of likely N-dealkylation sites (tertiary alicyclic amines) is 2. The van der Waals surface area contributed by atoms with Crippen molar-refractivity contribution in [1.29, 1.82) is 0 Å². The van der Waals surface area contributed by atoms with E-state index in [1.165, 1.54) is 17.0 Å². The quantitative estimate of drug-likeness (QED) is 0.376. The highest BCUT2D eigenvalue weighted by Crippen LogP contribution is 2.29. The van der Waals surface area contributed by atoms with E-state index >= 15 is 0 Å². The van der Waals surface area contributed by atoms with Crippen molar-refractivity contribution in [2.75, 3.05) is 38.6 Å². The van der Waals surface area contributed by atoms with Gasteiger partial charge in [-0.2, -0.15) is 0 Å². The van der Waals surface area contributed by atoms with Crippen molar-refractivity contribution in [3.63, 3.8) is 0 Å². The van der Waals surface area contributed by atoms with E-state index in [-0.39, 0.29) is 23.2 Å². The number of anilines is 1. The molecule has 0 spiro atoms. The molecule has 1 unspecified atom stereocenters. The molecule has 0 N–H and O–H groups in total. The van der Waals surface area contributed by atoms with E-state index in [2.05, 4.69) is 16.8 Å². The summed E-state index contributed by atoms with van der Waals surface area (Å²) in [6.07, 6.45) is 6.42. The maximum atomic E-state index is 13.3. The summed E-state index contributed by atoms with van der Waals surface area (Å²) < 4.78 is 0. The predicted molar refractivity (Wildman–Crippen MR) is 131 cm³/mol. The van der Waals surface area contributed by atoms with E-state index < -0.39 is 4.92 Å². The molecular formula is C25H31N5O3. The minimum atomic E-state index is -0.481. The number of hydrogen-bond acceptors (Lipinski definition) is 6. The van der Waals surface area contributed by atoms with Gasteiger partial charge in [-0.25, -0.2) is 0 Å². The number of benzene rings is 2. The minimum absolute atomic E-state index is 0.118. The summed E-state index contributed by atoms with van der Waals surface area (Å²) >= 11 is 0. The van der Waals surface area contributed by atoms with Crippen LogP contribution in [0.2, 0.25) is 0 Å². The van der Waals surface area contributed by atoms with Gasteiger partial charge in [0.05, 0.1) is 16.2 Å². The second-order valence-corrected chi connectivity index (χ2v) is 8.92. The molecule has 0 aromatic heterocycles. The van der Waals surface area contributed by atoms with Gasteiger partial charge in [0.15, 0.2) is 0 Å². The molecule has 1 amide bonds. The third kappa shape index (κ3) is 5.29. The van der Waals surface area contributed by atoms with E-state index in [9.17, 15) is 14.9 Å². The minimum Gasteiger partial charge on any atom is -0.311 e. The molecule has 174 valence electrons. The van der Waals surface area contributed by atoms with Crippen LogP contribution in [0.4, 0.5) is 17.1 Å². The molecule has 2 aromatic carbocycles. The number of hydrogen-bond donors (Lipinski definition) is 0. The Bertz CT molecular complexity index is 1020. The molecule has 2 heterocycles. The topological polar surface area (TPSA) is 82.3 Å². The Balaban J connectivity index is 1.58. The first-order valence-corrected chi connectivity index (χ1v) is 11.5. The summed E-state index contributed by atoms with van der Waals surface area (Å²) in [5, 5.41) is 11.4. The summed E-state index contributed by atoms with van der Waals surface area (Å²) in [6.45, 7) is 3.28. The maximum absolute atomic E-state index is 13.3. The van der Waals surface area contributed by atoms with Gasteiger partial charge in [0.25, 0.3) is 11.6 Å². The number of nitro benzene ring substituents is 1. The standard InChI is InChI=1S/C25H31N5O3/c1-27-15-12-20(13-16-27)29-14-6-9-22(29)18-26-24-11-10-21(30(32)33)17-23(24)25(31)28(2)19-7-4-3-5-8-19/h3-5,7-8,10-11,17-18,20,22H,6,9,12-16H2,1-2H3. The zero-order chi connectivity index (χ0) is 23.4. The highest BCUT2D eigenvalue weighted by Gasteiger charge is 2.31. The lowest BCUT2D eigenvalue weighted by molar-refractivity contribution is -0.384. The lowest BCUT2D eigenvalue weighted by Gasteiger charge is -2.37. The molecule has 2 aromatic rings. The molecular weight excluding hydrogens is 418 g/mol. The van der Waals surface area contributed by atoms with Gasteiger partial charge in [-0.3, -0.25) is 24.8 Å². The van der Waals surface area contributed by atoms with Crippen LogP contribution < -0.4 is 4.90 Å². The number of piperidine rings is 1. The van der Waals surface area contributed by atoms with Crippen LogP contribution in [0, 0.1) is 10.1 Å². The fourth-order valence-corrected chi connectivity index (χ4v) is 4.79. The molecule has 0 bridgehead atoms. The first-order chi connectivity index (χ1) is 15.9. The monoisotopic (exact) mass is 449 g/mol. The summed E-state index contributed by atoms with van der Waals surface area (Å²) in [6, 6.07) is 14.3. The molecule has 2 saturated heterocycles. The molecule has 4 rings (SSSR count). The fraction of sp³-hybridized carbons (Fsp3) is 0.440. The zero-order valence-electron chi connectivity index (χ0n) is 19.3. The van der Waals surface area contributed by atoms with Crippen molar-refractivity contribution in [2.45, 2.75) is 37.8 Å². The highest BCUT2D eigenvalue weighted by molar-refractivity contribution is 6.09. The summed E-state index contributed by atoms with van der Waals surface area (Å²) in [4.78, 5) is 35.3. The first kappa shape index (κ1) is 23.1. The van der Waals surface area contributed by atoms with E-state index in [4.69, 9.17) is 4.99 Å². The third-order valence-corrected chi connectivity index (χ3v) is 6.75. The number of aliphatic imine (C=N–C) groups is 1. The summed E-state index contributed by atoms with van der Waals surface area (Å²) in [5.74, 6) is -0.323. The van der Waals surface area contributed by atoms with Crippen LogP contribution in [0.5, 0.6) is 0 Å². The number of nitrogens with zero attached hydrogens (tertiary/aromatic N) is 5. The maximum Gasteiger partial charge on any atom is 0.270 e. The average Bonchev–Trinajstić information content (AvgIpc) is 3.31. The normalized spacial score (nSPS) is 20.4. The fourth-order valence-electron chi connectivity index (χ4n) is 4.79.